The summed E-state index contributed by atoms with van der Waals surface area (Å²) in [5.74, 6) is 1.19. The molecule has 0 aliphatic carbocycles. The highest BCUT2D eigenvalue weighted by Crippen LogP contribution is 2.24. The summed E-state index contributed by atoms with van der Waals surface area (Å²) in [6.45, 7) is 7.55. The second kappa shape index (κ2) is 4.58. The Morgan fingerprint density at radius 2 is 2.14 bits per heavy atom. The first-order chi connectivity index (χ1) is 6.54. The average Bonchev–Trinajstić information content (AvgIpc) is 2.48. The van der Waals surface area contributed by atoms with Gasteiger partial charge in [0.25, 0.3) is 0 Å². The summed E-state index contributed by atoms with van der Waals surface area (Å²) in [4.78, 5) is 23.9. The third-order valence-electron chi connectivity index (χ3n) is 2.93. The van der Waals surface area contributed by atoms with Crippen molar-refractivity contribution in [3.63, 3.8) is 0 Å². The van der Waals surface area contributed by atoms with Gasteiger partial charge in [0, 0.05) is 25.4 Å². The molecule has 1 saturated heterocycles. The molecule has 80 valence electrons. The van der Waals surface area contributed by atoms with Crippen LogP contribution in [0.5, 0.6) is 0 Å². The van der Waals surface area contributed by atoms with Crippen LogP contribution in [0.25, 0.3) is 0 Å². The van der Waals surface area contributed by atoms with E-state index < -0.39 is 0 Å². The summed E-state index contributed by atoms with van der Waals surface area (Å²) in [6, 6.07) is 0. The Balaban J connectivity index is 2.48. The van der Waals surface area contributed by atoms with Gasteiger partial charge in [0.2, 0.25) is 5.91 Å². The molecule has 1 aliphatic rings. The van der Waals surface area contributed by atoms with Crippen LogP contribution in [0.15, 0.2) is 0 Å². The Bertz CT molecular complexity index is 225. The van der Waals surface area contributed by atoms with Gasteiger partial charge >= 0.3 is 0 Å². The van der Waals surface area contributed by atoms with Crippen LogP contribution in [0.2, 0.25) is 0 Å². The fourth-order valence-electron chi connectivity index (χ4n) is 1.82. The van der Waals surface area contributed by atoms with E-state index >= 15 is 0 Å². The van der Waals surface area contributed by atoms with E-state index in [0.29, 0.717) is 24.8 Å². The second-order valence-corrected chi connectivity index (χ2v) is 4.62. The molecule has 2 atom stereocenters. The molecule has 1 fully saturated rings. The monoisotopic (exact) mass is 197 g/mol. The normalized spacial score (nSPS) is 24.4. The second-order valence-electron chi connectivity index (χ2n) is 4.62. The van der Waals surface area contributed by atoms with Crippen LogP contribution in [0.1, 0.15) is 27.2 Å². The van der Waals surface area contributed by atoms with Gasteiger partial charge in [-0.3, -0.25) is 4.79 Å². The topological polar surface area (TPSA) is 37.4 Å². The van der Waals surface area contributed by atoms with Crippen LogP contribution in [0.4, 0.5) is 0 Å². The van der Waals surface area contributed by atoms with E-state index in [2.05, 4.69) is 13.8 Å². The maximum Gasteiger partial charge on any atom is 0.222 e. The van der Waals surface area contributed by atoms with Gasteiger partial charge in [0.15, 0.2) is 0 Å². The molecule has 0 N–H and O–H groups in total. The highest BCUT2D eigenvalue weighted by molar-refractivity contribution is 5.79. The Labute approximate surface area is 85.5 Å². The minimum atomic E-state index is -0.0372. The van der Waals surface area contributed by atoms with Gasteiger partial charge in [-0.2, -0.15) is 0 Å². The zero-order chi connectivity index (χ0) is 10.7. The predicted molar refractivity (Wildman–Crippen MR) is 54.8 cm³/mol. The molecule has 0 aromatic rings. The Hall–Kier alpha value is -0.860. The maximum atomic E-state index is 11.6. The summed E-state index contributed by atoms with van der Waals surface area (Å²) in [5, 5.41) is 0. The first-order valence-corrected chi connectivity index (χ1v) is 5.27. The van der Waals surface area contributed by atoms with Crippen LogP contribution < -0.4 is 0 Å². The molecule has 0 saturated carbocycles. The maximum absolute atomic E-state index is 11.6. The smallest absolute Gasteiger partial charge is 0.222 e. The van der Waals surface area contributed by atoms with E-state index in [-0.39, 0.29) is 11.8 Å². The summed E-state index contributed by atoms with van der Waals surface area (Å²) in [6.07, 6.45) is 1.57. The number of rotatable bonds is 4. The van der Waals surface area contributed by atoms with Crippen LogP contribution in [0.3, 0.4) is 0 Å². The molecule has 0 spiro atoms. The molecule has 3 nitrogen and oxygen atoms in total. The number of hydrogen-bond donors (Lipinski definition) is 0. The molecule has 0 aromatic heterocycles. The zero-order valence-electron chi connectivity index (χ0n) is 9.19. The minimum Gasteiger partial charge on any atom is -0.342 e. The van der Waals surface area contributed by atoms with Crippen molar-refractivity contribution in [2.24, 2.45) is 17.8 Å². The van der Waals surface area contributed by atoms with Gasteiger partial charge < -0.3 is 9.69 Å². The van der Waals surface area contributed by atoms with Gasteiger partial charge in [0.1, 0.15) is 6.29 Å². The lowest BCUT2D eigenvalue weighted by molar-refractivity contribution is -0.128. The molecular formula is C11H19NO2. The number of hydrogen-bond acceptors (Lipinski definition) is 2. The van der Waals surface area contributed by atoms with E-state index in [1.165, 1.54) is 0 Å². The Morgan fingerprint density at radius 3 is 2.57 bits per heavy atom. The van der Waals surface area contributed by atoms with Crippen LogP contribution in [-0.4, -0.2) is 30.2 Å². The minimum absolute atomic E-state index is 0.0372. The molecule has 1 rings (SSSR count). The summed E-state index contributed by atoms with van der Waals surface area (Å²) < 4.78 is 0. The van der Waals surface area contributed by atoms with Crippen LogP contribution in [0, 0.1) is 17.8 Å². The number of nitrogens with zero attached hydrogens (tertiary/aromatic N) is 1. The number of carbonyl (C=O) groups is 2. The third kappa shape index (κ3) is 2.56. The fourth-order valence-corrected chi connectivity index (χ4v) is 1.82. The average molecular weight is 197 g/mol. The van der Waals surface area contributed by atoms with Crippen molar-refractivity contribution in [2.45, 2.75) is 27.2 Å². The molecule has 1 heterocycles. The largest absolute Gasteiger partial charge is 0.342 e. The lowest BCUT2D eigenvalue weighted by Crippen LogP contribution is -2.30. The van der Waals surface area contributed by atoms with Crippen molar-refractivity contribution in [1.29, 1.82) is 0 Å². The van der Waals surface area contributed by atoms with Crippen molar-refractivity contribution in [3.05, 3.63) is 0 Å². The van der Waals surface area contributed by atoms with E-state index in [0.717, 1.165) is 12.8 Å². The highest BCUT2D eigenvalue weighted by Gasteiger charge is 2.31. The summed E-state index contributed by atoms with van der Waals surface area (Å²) in [5.41, 5.74) is 0. The standard InChI is InChI=1S/C11H19NO2/c1-8(2)10-4-11(14)12(6-10)5-9(3)7-13/h7-10H,4-6H2,1-3H3. The first-order valence-electron chi connectivity index (χ1n) is 5.27. The molecule has 1 aliphatic heterocycles. The van der Waals surface area contributed by atoms with Crippen molar-refractivity contribution < 1.29 is 9.59 Å². The Morgan fingerprint density at radius 1 is 1.50 bits per heavy atom. The number of amides is 1. The van der Waals surface area contributed by atoms with E-state index in [4.69, 9.17) is 0 Å². The number of aldehydes is 1. The predicted octanol–water partition coefficient (Wildman–Crippen LogP) is 1.33. The van der Waals surface area contributed by atoms with Crippen molar-refractivity contribution in [3.8, 4) is 0 Å². The molecule has 14 heavy (non-hydrogen) atoms. The van der Waals surface area contributed by atoms with E-state index in [9.17, 15) is 9.59 Å². The first kappa shape index (κ1) is 11.2. The van der Waals surface area contributed by atoms with Gasteiger partial charge in [-0.15, -0.1) is 0 Å². The summed E-state index contributed by atoms with van der Waals surface area (Å²) >= 11 is 0. The fraction of sp³-hybridized carbons (Fsp3) is 0.818. The molecule has 0 bridgehead atoms. The van der Waals surface area contributed by atoms with Crippen molar-refractivity contribution in [1.82, 2.24) is 4.90 Å². The van der Waals surface area contributed by atoms with Gasteiger partial charge in [-0.25, -0.2) is 0 Å². The number of likely N-dealkylation sites (tertiary alicyclic amines) is 1. The van der Waals surface area contributed by atoms with Crippen LogP contribution in [-0.2, 0) is 9.59 Å². The van der Waals surface area contributed by atoms with Crippen molar-refractivity contribution in [2.75, 3.05) is 13.1 Å². The van der Waals surface area contributed by atoms with Gasteiger partial charge in [-0.1, -0.05) is 20.8 Å². The van der Waals surface area contributed by atoms with Gasteiger partial charge in [-0.05, 0) is 11.8 Å². The molecule has 0 aromatic carbocycles. The van der Waals surface area contributed by atoms with Gasteiger partial charge in [0.05, 0.1) is 0 Å². The van der Waals surface area contributed by atoms with Crippen molar-refractivity contribution >= 4 is 12.2 Å². The summed E-state index contributed by atoms with van der Waals surface area (Å²) in [7, 11) is 0. The molecule has 0 radical (unpaired) electrons. The van der Waals surface area contributed by atoms with Crippen LogP contribution >= 0.6 is 0 Å². The molecule has 3 heteroatoms. The lowest BCUT2D eigenvalue weighted by Gasteiger charge is -2.19. The number of carbonyl (C=O) groups excluding carboxylic acids is 2. The lowest BCUT2D eigenvalue weighted by atomic mass is 9.95. The zero-order valence-corrected chi connectivity index (χ0v) is 9.19. The Kier molecular flexibility index (Phi) is 3.67. The third-order valence-corrected chi connectivity index (χ3v) is 2.93. The molecule has 1 amide bonds. The molecular weight excluding hydrogens is 178 g/mol. The van der Waals surface area contributed by atoms with E-state index in [1.54, 1.807) is 0 Å². The SMILES string of the molecule is CC(C=O)CN1CC(C(C)C)CC1=O. The molecule has 2 unspecified atom stereocenters. The highest BCUT2D eigenvalue weighted by atomic mass is 16.2. The van der Waals surface area contributed by atoms with E-state index in [1.807, 2.05) is 11.8 Å². The quantitative estimate of drug-likeness (QED) is 0.637.